The molecule has 12 aliphatic rings. The van der Waals surface area contributed by atoms with Crippen LogP contribution in [0.4, 0.5) is 32.2 Å². The number of cyclic esters (lactones) is 2. The van der Waals surface area contributed by atoms with Gasteiger partial charge >= 0.3 is 23.6 Å². The zero-order valence-electron chi connectivity index (χ0n) is 78.7. The Hall–Kier alpha value is -5.37. The molecule has 27 nitrogen and oxygen atoms in total. The first-order chi connectivity index (χ1) is 62.1. The van der Waals surface area contributed by atoms with Crippen molar-refractivity contribution in [3.05, 3.63) is 80.5 Å². The summed E-state index contributed by atoms with van der Waals surface area (Å²) in [7, 11) is 14.6. The van der Waals surface area contributed by atoms with Crippen molar-refractivity contribution in [1.29, 1.82) is 5.26 Å². The standard InChI is InChI=1S/C42H67NO10.C41H65NO10.C12H4Cl2F6N4OS/c1-11-26-13-12-14-35(53-37-16-15-34(43(6)7)24(4)49-37)23(3)38(45)33-20-31-29(32(33)21-36(44)51-26)17-22(2)28-18-27(19-30(28)31)52-42-41(48-10)40(47-9)39(46-8)25(5)50-42;1-10-26-12-11-13-34(52-36-17-16-33(42(5)6)23(3)48-36)22(2)37(44)32-20-30-28(31(32)21-35(43)50-26)15-14-25-18-27(19-29(25)30)51-41-40(47-9)39(46-8)38(45-7)24(4)49-41;13-5-1-4(11(15,16)17)2-6(14)8(5)24-10(22)9(7(3-21)23-24)26(25)12(18,19)20/h17,20,23-32,34-35,37,39-42H,11-16,18-19,21H2,1-10H3;14-15,20,22-31,33-34,36,38-41H,10-13,16-19,21H2,1-9H3;1-2H,22H2/t23-,24-,25+,26+,27-,28+,29-,30-,31-,32+,34+,35+,37+,39+,40-,41-,42+;22-,23-,24+,25-,26+,27-,28-,29-,30-,31+,33+,34+,36+,38+,39-,40-,41+;/m11./s1. The second kappa shape index (κ2) is 45.1. The number of hydrogen-bond donors (Lipinski definition) is 1. The van der Waals surface area contributed by atoms with Crippen LogP contribution in [0.3, 0.4) is 0 Å². The van der Waals surface area contributed by atoms with Crippen molar-refractivity contribution in [1.82, 2.24) is 19.6 Å². The van der Waals surface area contributed by atoms with E-state index in [0.717, 1.165) is 101 Å². The average Bonchev–Trinajstić information content (AvgIpc) is 1.59. The highest BCUT2D eigenvalue weighted by Crippen LogP contribution is 2.58. The number of allylic oxidation sites excluding steroid dienone is 8. The van der Waals surface area contributed by atoms with E-state index in [1.165, 1.54) is 11.6 Å². The van der Waals surface area contributed by atoms with E-state index in [4.69, 9.17) is 110 Å². The number of nitrogens with two attached hydrogens (primary N) is 1. The number of anilines is 1. The van der Waals surface area contributed by atoms with E-state index in [-0.39, 0.29) is 194 Å². The molecule has 6 aliphatic heterocycles. The second-order valence-electron chi connectivity index (χ2n) is 38.1. The van der Waals surface area contributed by atoms with Crippen LogP contribution in [0, 0.1) is 82.3 Å². The number of nitrogens with zero attached hydrogens (tertiary/aromatic N) is 5. The molecule has 2 N–H and O–H groups in total. The van der Waals surface area contributed by atoms with Gasteiger partial charge in [0.1, 0.15) is 71.3 Å². The number of benzene rings is 1. The number of carbonyl (C=O) groups excluding carboxylic acids is 4. The average molecular weight is 1920 g/mol. The highest BCUT2D eigenvalue weighted by molar-refractivity contribution is 7.86. The van der Waals surface area contributed by atoms with Crippen molar-refractivity contribution in [2.45, 2.75) is 329 Å². The zero-order chi connectivity index (χ0) is 95.4. The molecular weight excluding hydrogens is 1780 g/mol. The molecule has 2 saturated carbocycles. The van der Waals surface area contributed by atoms with Gasteiger partial charge in [0.05, 0.1) is 77.3 Å². The molecule has 734 valence electrons. The summed E-state index contributed by atoms with van der Waals surface area (Å²) in [5.41, 5.74) is 0.415. The summed E-state index contributed by atoms with van der Waals surface area (Å²) in [6.45, 7) is 18.6. The first kappa shape index (κ1) is 105. The van der Waals surface area contributed by atoms with Crippen LogP contribution in [-0.2, 0) is 112 Å². The van der Waals surface area contributed by atoms with E-state index in [0.29, 0.717) is 53.6 Å². The molecule has 131 heavy (non-hydrogen) atoms. The number of carbonyl (C=O) groups is 4. The third-order valence-electron chi connectivity index (χ3n) is 29.8. The number of ketones is 2. The Morgan fingerprint density at radius 3 is 1.41 bits per heavy atom. The Labute approximate surface area is 778 Å². The predicted octanol–water partition coefficient (Wildman–Crippen LogP) is 15.6. The minimum absolute atomic E-state index is 0.0364. The van der Waals surface area contributed by atoms with E-state index >= 15 is 0 Å². The van der Waals surface area contributed by atoms with Crippen LogP contribution in [0.5, 0.6) is 0 Å². The maximum atomic E-state index is 14.7. The minimum atomic E-state index is -5.25. The van der Waals surface area contributed by atoms with Crippen LogP contribution in [0.15, 0.2) is 64.1 Å². The lowest BCUT2D eigenvalue weighted by molar-refractivity contribution is -0.314. The topological polar surface area (TPSA) is 307 Å². The van der Waals surface area contributed by atoms with Crippen molar-refractivity contribution in [3.8, 4) is 11.8 Å². The summed E-state index contributed by atoms with van der Waals surface area (Å²) in [6, 6.07) is 2.87. The lowest BCUT2D eigenvalue weighted by atomic mass is 9.67. The van der Waals surface area contributed by atoms with Gasteiger partial charge in [0.2, 0.25) is 0 Å². The van der Waals surface area contributed by atoms with E-state index < -0.39 is 85.0 Å². The Kier molecular flexibility index (Phi) is 35.9. The SMILES string of the molecule is CC[C@H]1CCC[C@H](O[C@H]2CC[C@H](N(C)C)[C@@H](C)O2)[C@@H](C)C(=O)C2=C[C@@H]3[C@@H](C=C(C)[C@@H]4C[C@@H](O[C@@H]5O[C@@H](C)[C@H](OC)[C@@H](OC)[C@H]5OC)C[C@@H]34)[C@@H]2CC(=O)O1.CC[C@H]1CCC[C@H](O[C@H]2CC[C@H](N(C)C)[C@@H](C)O2)[C@@H](C)C(=O)C2=C[C@@H]3[C@@H](C=C[C@@H]4C[C@@H](O[C@@H]5O[C@@H](C)[C@H](OC)[C@@H](OC)[C@H]5OC)C[C@@H]34)[C@@H]2CC(=O)O1.N#Cc1nn(-c2c(Cl)cc(C(F)(F)F)cc2Cl)c(N)c1S(=O)C(F)(F)F. The fourth-order valence-electron chi connectivity index (χ4n) is 23.1. The van der Waals surface area contributed by atoms with Gasteiger partial charge in [-0.2, -0.15) is 36.7 Å². The molecular formula is C95H136Cl2F6N6O21S. The highest BCUT2D eigenvalue weighted by Gasteiger charge is 2.57. The Bertz CT molecular complexity index is 4430. The number of nitrogen functional groups attached to an aromatic ring is 1. The van der Waals surface area contributed by atoms with E-state index in [1.54, 1.807) is 42.7 Å². The molecule has 1 aromatic carbocycles. The molecule has 2 aromatic rings. The number of alkyl halides is 6. The maximum Gasteiger partial charge on any atom is 0.476 e. The van der Waals surface area contributed by atoms with E-state index in [2.05, 4.69) is 108 Å². The monoisotopic (exact) mass is 1910 g/mol. The van der Waals surface area contributed by atoms with Crippen molar-refractivity contribution in [3.63, 3.8) is 0 Å². The molecule has 0 amide bonds. The van der Waals surface area contributed by atoms with Crippen LogP contribution in [0.2, 0.25) is 10.0 Å². The highest BCUT2D eigenvalue weighted by atomic mass is 35.5. The quantitative estimate of drug-likeness (QED) is 0.0731. The van der Waals surface area contributed by atoms with Gasteiger partial charge in [-0.3, -0.25) is 19.2 Å². The summed E-state index contributed by atoms with van der Waals surface area (Å²) in [5, 5.41) is 11.1. The summed E-state index contributed by atoms with van der Waals surface area (Å²) in [6.07, 6.45) is 14.6. The van der Waals surface area contributed by atoms with Gasteiger partial charge in [-0.05, 0) is 236 Å². The Balaban J connectivity index is 0.000000188. The van der Waals surface area contributed by atoms with Crippen molar-refractivity contribution >= 4 is 63.3 Å². The van der Waals surface area contributed by atoms with Crippen molar-refractivity contribution in [2.75, 3.05) is 76.6 Å². The molecule has 0 radical (unpaired) electrons. The maximum absolute atomic E-state index is 14.7. The fraction of sp³-hybridized carbons (Fsp3) is 0.768. The molecule has 36 heteroatoms. The number of rotatable bonds is 20. The molecule has 8 fully saturated rings. The van der Waals surface area contributed by atoms with Crippen LogP contribution >= 0.6 is 23.2 Å². The number of likely N-dealkylation sites (N-methyl/N-ethyl adjacent to an activating group) is 2. The normalized spacial score (nSPS) is 39.2. The molecule has 35 atom stereocenters. The Morgan fingerprint density at radius 2 is 0.992 bits per heavy atom. The molecule has 6 aliphatic carbocycles. The number of fused-ring (bicyclic) bond motifs is 10. The van der Waals surface area contributed by atoms with Crippen molar-refractivity contribution in [2.24, 2.45) is 71.0 Å². The molecule has 1 aromatic heterocycles. The lowest BCUT2D eigenvalue weighted by Gasteiger charge is -2.44. The van der Waals surface area contributed by atoms with Gasteiger partial charge in [-0.25, -0.2) is 8.89 Å². The number of esters is 2. The van der Waals surface area contributed by atoms with Gasteiger partial charge in [0.25, 0.3) is 0 Å². The van der Waals surface area contributed by atoms with E-state index in [1.807, 2.05) is 27.7 Å². The lowest BCUT2D eigenvalue weighted by Crippen LogP contribution is -2.59. The zero-order valence-corrected chi connectivity index (χ0v) is 81.0. The minimum Gasteiger partial charge on any atom is -0.462 e. The van der Waals surface area contributed by atoms with Gasteiger partial charge < -0.3 is 91.3 Å². The third kappa shape index (κ3) is 23.3. The number of hydrogen-bond acceptors (Lipinski definition) is 26. The largest absolute Gasteiger partial charge is 0.476 e. The first-order valence-corrected chi connectivity index (χ1v) is 48.4. The number of aromatic nitrogens is 2. The van der Waals surface area contributed by atoms with Crippen molar-refractivity contribution < 1.29 is 126 Å². The molecule has 1 unspecified atom stereocenters. The van der Waals surface area contributed by atoms with Crippen LogP contribution < -0.4 is 5.73 Å². The number of Topliss-reactive ketones (excluding diaryl/α,β-unsaturated/α-hetero) is 2. The number of ether oxygens (including phenoxy) is 16. The van der Waals surface area contributed by atoms with Crippen LogP contribution in [0.1, 0.15) is 189 Å². The summed E-state index contributed by atoms with van der Waals surface area (Å²) in [4.78, 5) is 59.7. The predicted molar refractivity (Wildman–Crippen MR) is 473 cm³/mol. The van der Waals surface area contributed by atoms with Gasteiger partial charge in [0.15, 0.2) is 53.2 Å². The number of methoxy groups -OCH3 is 6. The van der Waals surface area contributed by atoms with Gasteiger partial charge in [-0.15, -0.1) is 0 Å². The first-order valence-electron chi connectivity index (χ1n) is 46.5. The molecule has 0 spiro atoms. The number of nitriles is 1. The summed E-state index contributed by atoms with van der Waals surface area (Å²) < 4.78 is 188. The second-order valence-corrected chi connectivity index (χ2v) is 40.3. The number of halogens is 8. The van der Waals surface area contributed by atoms with Gasteiger partial charge in [0, 0.05) is 78.4 Å². The molecule has 6 saturated heterocycles. The third-order valence-corrected chi connectivity index (χ3v) is 31.6. The smallest absolute Gasteiger partial charge is 0.462 e. The Morgan fingerprint density at radius 1 is 0.550 bits per heavy atom. The van der Waals surface area contributed by atoms with Gasteiger partial charge in [-0.1, -0.05) is 86.9 Å². The van der Waals surface area contributed by atoms with Crippen LogP contribution in [0.25, 0.3) is 5.69 Å². The molecule has 14 rings (SSSR count). The van der Waals surface area contributed by atoms with E-state index in [9.17, 15) is 49.7 Å². The summed E-state index contributed by atoms with van der Waals surface area (Å²) >= 11 is 11.5. The van der Waals surface area contributed by atoms with Crippen LogP contribution in [-0.4, -0.2) is 259 Å². The molecule has 0 bridgehead atoms. The fourth-order valence-corrected chi connectivity index (χ4v) is 24.5. The summed E-state index contributed by atoms with van der Waals surface area (Å²) in [5.74, 6) is -0.873. The molecule has 7 heterocycles.